The summed E-state index contributed by atoms with van der Waals surface area (Å²) in [5.41, 5.74) is 3.54. The van der Waals surface area contributed by atoms with E-state index in [1.165, 1.54) is 4.90 Å². The summed E-state index contributed by atoms with van der Waals surface area (Å²) in [7, 11) is 0. The van der Waals surface area contributed by atoms with Crippen molar-refractivity contribution in [2.45, 2.75) is 25.4 Å². The lowest BCUT2D eigenvalue weighted by Gasteiger charge is -2.32. The van der Waals surface area contributed by atoms with Crippen molar-refractivity contribution in [1.29, 1.82) is 0 Å². The van der Waals surface area contributed by atoms with E-state index in [2.05, 4.69) is 20.2 Å². The van der Waals surface area contributed by atoms with Gasteiger partial charge in [-0.25, -0.2) is 9.97 Å². The number of H-pyrrole nitrogens is 1. The van der Waals surface area contributed by atoms with Gasteiger partial charge in [-0.05, 0) is 44.3 Å². The quantitative estimate of drug-likeness (QED) is 0.691. The third-order valence-corrected chi connectivity index (χ3v) is 5.23. The van der Waals surface area contributed by atoms with Crippen molar-refractivity contribution in [2.75, 3.05) is 19.6 Å². The molecule has 0 radical (unpaired) electrons. The van der Waals surface area contributed by atoms with E-state index < -0.39 is 12.7 Å². The smallest absolute Gasteiger partial charge is 0.295 e. The van der Waals surface area contributed by atoms with Crippen LogP contribution in [0, 0.1) is 5.92 Å². The Labute approximate surface area is 167 Å². The van der Waals surface area contributed by atoms with Crippen LogP contribution in [0.4, 0.5) is 13.2 Å². The fourth-order valence-corrected chi connectivity index (χ4v) is 3.72. The molecule has 2 aromatic heterocycles. The van der Waals surface area contributed by atoms with E-state index in [0.717, 1.165) is 41.8 Å². The van der Waals surface area contributed by atoms with Gasteiger partial charge in [0.05, 0.1) is 12.2 Å². The molecular weight excluding hydrogens is 379 g/mol. The van der Waals surface area contributed by atoms with Gasteiger partial charge in [-0.15, -0.1) is 0 Å². The number of hydrogen-bond acceptors (Lipinski definition) is 4. The summed E-state index contributed by atoms with van der Waals surface area (Å²) in [5.74, 6) is 1.03. The number of nitrogens with zero attached hydrogens (tertiary/aromatic N) is 4. The van der Waals surface area contributed by atoms with Crippen LogP contribution in [0.2, 0.25) is 0 Å². The van der Waals surface area contributed by atoms with Gasteiger partial charge in [0.15, 0.2) is 5.82 Å². The molecule has 0 aliphatic carbocycles. The predicted octanol–water partition coefficient (Wildman–Crippen LogP) is 4.35. The molecule has 3 aromatic rings. The molecule has 0 spiro atoms. The molecule has 152 valence electrons. The van der Waals surface area contributed by atoms with Crippen LogP contribution < -0.4 is 0 Å². The second kappa shape index (κ2) is 8.32. The number of piperidine rings is 1. The highest BCUT2D eigenvalue weighted by molar-refractivity contribution is 5.60. The summed E-state index contributed by atoms with van der Waals surface area (Å²) >= 11 is 0. The third-order valence-electron chi connectivity index (χ3n) is 5.23. The molecule has 1 N–H and O–H groups in total. The monoisotopic (exact) mass is 401 g/mol. The minimum atomic E-state index is -4.12. The van der Waals surface area contributed by atoms with Crippen molar-refractivity contribution >= 4 is 0 Å². The molecule has 4 rings (SSSR count). The molecule has 0 unspecified atom stereocenters. The zero-order chi connectivity index (χ0) is 20.3. The van der Waals surface area contributed by atoms with E-state index in [4.69, 9.17) is 0 Å². The number of halogens is 3. The van der Waals surface area contributed by atoms with Gasteiger partial charge >= 0.3 is 6.18 Å². The van der Waals surface area contributed by atoms with E-state index in [-0.39, 0.29) is 0 Å². The molecule has 1 aromatic carbocycles. The number of hydrogen-bond donors (Lipinski definition) is 1. The Hall–Kier alpha value is -2.74. The SMILES string of the molecule is FC(F)(F)CN1CCC(Cc2cc(-c3cnc(-c4ccccc4)nc3)n[nH]2)CC1. The van der Waals surface area contributed by atoms with Gasteiger partial charge in [-0.1, -0.05) is 30.3 Å². The minimum Gasteiger partial charge on any atom is -0.295 e. The molecule has 0 amide bonds. The van der Waals surface area contributed by atoms with Crippen molar-refractivity contribution in [3.05, 3.63) is 54.5 Å². The molecule has 3 heterocycles. The standard InChI is InChI=1S/C21H22F3N5/c22-21(23,24)14-29-8-6-15(7-9-29)10-18-11-19(28-27-18)17-12-25-20(26-13-17)16-4-2-1-3-5-16/h1-5,11-13,15H,6-10,14H2,(H,27,28). The maximum Gasteiger partial charge on any atom is 0.401 e. The minimum absolute atomic E-state index is 0.365. The van der Waals surface area contributed by atoms with Crippen LogP contribution in [-0.2, 0) is 6.42 Å². The van der Waals surface area contributed by atoms with Crippen LogP contribution in [0.5, 0.6) is 0 Å². The van der Waals surface area contributed by atoms with Gasteiger partial charge in [-0.2, -0.15) is 18.3 Å². The van der Waals surface area contributed by atoms with Crippen molar-refractivity contribution in [1.82, 2.24) is 25.1 Å². The first-order valence-corrected chi connectivity index (χ1v) is 9.67. The lowest BCUT2D eigenvalue weighted by molar-refractivity contribution is -0.148. The number of rotatable bonds is 5. The van der Waals surface area contributed by atoms with Gasteiger partial charge in [0.2, 0.25) is 0 Å². The second-order valence-electron chi connectivity index (χ2n) is 7.48. The number of nitrogens with one attached hydrogen (secondary N) is 1. The van der Waals surface area contributed by atoms with Gasteiger partial charge < -0.3 is 0 Å². The van der Waals surface area contributed by atoms with E-state index in [0.29, 0.717) is 24.8 Å². The Bertz CT molecular complexity index is 913. The van der Waals surface area contributed by atoms with E-state index >= 15 is 0 Å². The number of aromatic nitrogens is 4. The highest BCUT2D eigenvalue weighted by Gasteiger charge is 2.32. The molecule has 1 saturated heterocycles. The van der Waals surface area contributed by atoms with Crippen molar-refractivity contribution in [3.63, 3.8) is 0 Å². The first-order valence-electron chi connectivity index (χ1n) is 9.67. The van der Waals surface area contributed by atoms with Crippen molar-refractivity contribution in [3.8, 4) is 22.6 Å². The molecule has 1 aliphatic heterocycles. The Morgan fingerprint density at radius 2 is 1.69 bits per heavy atom. The average Bonchev–Trinajstić information content (AvgIpc) is 3.18. The Balaban J connectivity index is 1.34. The molecule has 0 atom stereocenters. The fourth-order valence-electron chi connectivity index (χ4n) is 3.72. The summed E-state index contributed by atoms with van der Waals surface area (Å²) in [4.78, 5) is 10.3. The highest BCUT2D eigenvalue weighted by Crippen LogP contribution is 2.26. The predicted molar refractivity (Wildman–Crippen MR) is 104 cm³/mol. The molecule has 1 aliphatic rings. The lowest BCUT2D eigenvalue weighted by Crippen LogP contribution is -2.40. The Kier molecular flexibility index (Phi) is 5.62. The van der Waals surface area contributed by atoms with Gasteiger partial charge in [-0.3, -0.25) is 10.00 Å². The first-order chi connectivity index (χ1) is 14.0. The highest BCUT2D eigenvalue weighted by atomic mass is 19.4. The van der Waals surface area contributed by atoms with Crippen LogP contribution >= 0.6 is 0 Å². The third kappa shape index (κ3) is 5.20. The summed E-state index contributed by atoms with van der Waals surface area (Å²) in [6.07, 6.45) is 1.70. The van der Waals surface area contributed by atoms with Crippen LogP contribution in [0.15, 0.2) is 48.8 Å². The van der Waals surface area contributed by atoms with Crippen LogP contribution in [-0.4, -0.2) is 50.9 Å². The van der Waals surface area contributed by atoms with Crippen LogP contribution in [0.3, 0.4) is 0 Å². The first kappa shape index (κ1) is 19.6. The maximum atomic E-state index is 12.5. The number of aromatic amines is 1. The number of benzene rings is 1. The van der Waals surface area contributed by atoms with E-state index in [1.807, 2.05) is 36.4 Å². The molecular formula is C21H22F3N5. The van der Waals surface area contributed by atoms with Crippen molar-refractivity contribution in [2.24, 2.45) is 5.92 Å². The topological polar surface area (TPSA) is 57.7 Å². The van der Waals surface area contributed by atoms with Gasteiger partial charge in [0, 0.05) is 29.2 Å². The summed E-state index contributed by atoms with van der Waals surface area (Å²) in [5, 5.41) is 7.40. The number of likely N-dealkylation sites (tertiary alicyclic amines) is 1. The van der Waals surface area contributed by atoms with Crippen molar-refractivity contribution < 1.29 is 13.2 Å². The summed E-state index contributed by atoms with van der Waals surface area (Å²) < 4.78 is 37.5. The lowest BCUT2D eigenvalue weighted by atomic mass is 9.92. The average molecular weight is 401 g/mol. The molecule has 29 heavy (non-hydrogen) atoms. The van der Waals surface area contributed by atoms with Gasteiger partial charge in [0.1, 0.15) is 0 Å². The Morgan fingerprint density at radius 3 is 2.34 bits per heavy atom. The van der Waals surface area contributed by atoms with Gasteiger partial charge in [0.25, 0.3) is 0 Å². The second-order valence-corrected chi connectivity index (χ2v) is 7.48. The van der Waals surface area contributed by atoms with E-state index in [9.17, 15) is 13.2 Å². The Morgan fingerprint density at radius 1 is 1.00 bits per heavy atom. The summed E-state index contributed by atoms with van der Waals surface area (Å²) in [6, 6.07) is 11.7. The molecule has 0 saturated carbocycles. The van der Waals surface area contributed by atoms with E-state index in [1.54, 1.807) is 12.4 Å². The van der Waals surface area contributed by atoms with Crippen LogP contribution in [0.25, 0.3) is 22.6 Å². The molecule has 0 bridgehead atoms. The molecule has 1 fully saturated rings. The van der Waals surface area contributed by atoms with Crippen LogP contribution in [0.1, 0.15) is 18.5 Å². The zero-order valence-electron chi connectivity index (χ0n) is 15.9. The largest absolute Gasteiger partial charge is 0.401 e. The molecule has 8 heteroatoms. The normalized spacial score (nSPS) is 16.2. The number of alkyl halides is 3. The summed E-state index contributed by atoms with van der Waals surface area (Å²) in [6.45, 7) is 0.160. The molecule has 5 nitrogen and oxygen atoms in total. The maximum absolute atomic E-state index is 12.5. The fraction of sp³-hybridized carbons (Fsp3) is 0.381. The zero-order valence-corrected chi connectivity index (χ0v) is 15.9.